The van der Waals surface area contributed by atoms with E-state index < -0.39 is 0 Å². The van der Waals surface area contributed by atoms with Crippen LogP contribution in [0.5, 0.6) is 0 Å². The molecule has 1 fully saturated rings. The molecule has 2 atom stereocenters. The van der Waals surface area contributed by atoms with Crippen molar-refractivity contribution in [2.75, 3.05) is 30.8 Å². The summed E-state index contributed by atoms with van der Waals surface area (Å²) in [5, 5.41) is 0. The number of nitrogens with zero attached hydrogens (tertiary/aromatic N) is 3. The van der Waals surface area contributed by atoms with Crippen molar-refractivity contribution in [2.45, 2.75) is 39.7 Å². The molecule has 19 heavy (non-hydrogen) atoms. The van der Waals surface area contributed by atoms with Gasteiger partial charge in [0.25, 0.3) is 0 Å². The summed E-state index contributed by atoms with van der Waals surface area (Å²) in [5.74, 6) is 2.96. The molecule has 1 saturated heterocycles. The van der Waals surface area contributed by atoms with E-state index in [2.05, 4.69) is 21.8 Å². The van der Waals surface area contributed by atoms with E-state index >= 15 is 0 Å². The van der Waals surface area contributed by atoms with Gasteiger partial charge in [-0.05, 0) is 19.3 Å². The van der Waals surface area contributed by atoms with Gasteiger partial charge in [-0.15, -0.1) is 0 Å². The molecule has 1 aliphatic rings. The Labute approximate surface area is 115 Å². The lowest BCUT2D eigenvalue weighted by Gasteiger charge is -2.37. The Morgan fingerprint density at radius 2 is 2.16 bits per heavy atom. The highest BCUT2D eigenvalue weighted by Crippen LogP contribution is 2.27. The minimum absolute atomic E-state index is 0.259. The molecule has 1 aliphatic heterocycles. The van der Waals surface area contributed by atoms with E-state index in [9.17, 15) is 0 Å². The van der Waals surface area contributed by atoms with Gasteiger partial charge in [-0.1, -0.05) is 13.8 Å². The molecule has 0 aromatic carbocycles. The number of hydrogen-bond donors (Lipinski definition) is 1. The zero-order valence-corrected chi connectivity index (χ0v) is 12.3. The summed E-state index contributed by atoms with van der Waals surface area (Å²) in [7, 11) is 1.78. The number of methoxy groups -OCH3 is 1. The first-order chi connectivity index (χ1) is 9.06. The topological polar surface area (TPSA) is 64.3 Å². The first-order valence-corrected chi connectivity index (χ1v) is 6.97. The van der Waals surface area contributed by atoms with Crippen LogP contribution < -0.4 is 10.6 Å². The summed E-state index contributed by atoms with van der Waals surface area (Å²) in [4.78, 5) is 11.2. The summed E-state index contributed by atoms with van der Waals surface area (Å²) >= 11 is 0. The SMILES string of the molecule is CCc1nc(N)c(C)c(N2CCC(C)C(OC)C2)n1. The molecule has 2 heterocycles. The van der Waals surface area contributed by atoms with Gasteiger partial charge in [0.05, 0.1) is 6.10 Å². The molecule has 0 radical (unpaired) electrons. The first-order valence-electron chi connectivity index (χ1n) is 6.97. The van der Waals surface area contributed by atoms with Crippen LogP contribution in [0.1, 0.15) is 31.7 Å². The van der Waals surface area contributed by atoms with Crippen molar-refractivity contribution < 1.29 is 4.74 Å². The fourth-order valence-corrected chi connectivity index (χ4v) is 2.57. The van der Waals surface area contributed by atoms with Gasteiger partial charge in [-0.25, -0.2) is 9.97 Å². The van der Waals surface area contributed by atoms with Crippen LogP contribution in [0.4, 0.5) is 11.6 Å². The molecule has 0 saturated carbocycles. The molecule has 2 unspecified atom stereocenters. The molecular weight excluding hydrogens is 240 g/mol. The molecule has 0 amide bonds. The van der Waals surface area contributed by atoms with Crippen molar-refractivity contribution >= 4 is 11.6 Å². The van der Waals surface area contributed by atoms with Gasteiger partial charge < -0.3 is 15.4 Å². The number of ether oxygens (including phenoxy) is 1. The zero-order chi connectivity index (χ0) is 14.0. The predicted octanol–water partition coefficient (Wildman–Crippen LogP) is 1.79. The Morgan fingerprint density at radius 1 is 1.42 bits per heavy atom. The third kappa shape index (κ3) is 2.81. The standard InChI is InChI=1S/C14H24N4O/c1-5-12-16-13(15)10(3)14(17-12)18-7-6-9(2)11(8-18)19-4/h9,11H,5-8H2,1-4H3,(H2,15,16,17). The number of hydrogen-bond acceptors (Lipinski definition) is 5. The van der Waals surface area contributed by atoms with Gasteiger partial charge in [0.2, 0.25) is 0 Å². The van der Waals surface area contributed by atoms with Crippen LogP contribution in [-0.4, -0.2) is 36.3 Å². The van der Waals surface area contributed by atoms with E-state index in [-0.39, 0.29) is 6.10 Å². The molecule has 5 nitrogen and oxygen atoms in total. The largest absolute Gasteiger partial charge is 0.383 e. The van der Waals surface area contributed by atoms with Gasteiger partial charge >= 0.3 is 0 Å². The van der Waals surface area contributed by atoms with E-state index in [1.54, 1.807) is 7.11 Å². The van der Waals surface area contributed by atoms with E-state index in [4.69, 9.17) is 10.5 Å². The van der Waals surface area contributed by atoms with Gasteiger partial charge in [0.15, 0.2) is 0 Å². The number of piperidine rings is 1. The van der Waals surface area contributed by atoms with E-state index in [1.165, 1.54) is 0 Å². The Bertz CT molecular complexity index is 449. The Balaban J connectivity index is 2.28. The van der Waals surface area contributed by atoms with Crippen molar-refractivity contribution in [3.8, 4) is 0 Å². The molecular formula is C14H24N4O. The summed E-state index contributed by atoms with van der Waals surface area (Å²) < 4.78 is 5.57. The maximum absolute atomic E-state index is 5.99. The second kappa shape index (κ2) is 5.74. The smallest absolute Gasteiger partial charge is 0.137 e. The molecule has 5 heteroatoms. The van der Waals surface area contributed by atoms with Gasteiger partial charge in [0, 0.05) is 32.2 Å². The van der Waals surface area contributed by atoms with E-state index in [1.807, 2.05) is 13.8 Å². The minimum atomic E-state index is 0.259. The predicted molar refractivity (Wildman–Crippen MR) is 77.4 cm³/mol. The monoisotopic (exact) mass is 264 g/mol. The highest BCUT2D eigenvalue weighted by Gasteiger charge is 2.28. The third-order valence-electron chi connectivity index (χ3n) is 4.01. The highest BCUT2D eigenvalue weighted by atomic mass is 16.5. The molecule has 0 aliphatic carbocycles. The van der Waals surface area contributed by atoms with Gasteiger partial charge in [0.1, 0.15) is 17.5 Å². The van der Waals surface area contributed by atoms with Crippen molar-refractivity contribution in [1.29, 1.82) is 0 Å². The molecule has 1 aromatic heterocycles. The molecule has 106 valence electrons. The average molecular weight is 264 g/mol. The minimum Gasteiger partial charge on any atom is -0.383 e. The molecule has 2 N–H and O–H groups in total. The zero-order valence-electron chi connectivity index (χ0n) is 12.3. The molecule has 0 bridgehead atoms. The van der Waals surface area contributed by atoms with Crippen LogP contribution in [0.15, 0.2) is 0 Å². The van der Waals surface area contributed by atoms with Crippen LogP contribution >= 0.6 is 0 Å². The first kappa shape index (κ1) is 14.1. The lowest BCUT2D eigenvalue weighted by atomic mass is 9.95. The van der Waals surface area contributed by atoms with Crippen molar-refractivity contribution in [1.82, 2.24) is 9.97 Å². The van der Waals surface area contributed by atoms with Gasteiger partial charge in [-0.2, -0.15) is 0 Å². The van der Waals surface area contributed by atoms with Crippen molar-refractivity contribution in [2.24, 2.45) is 5.92 Å². The summed E-state index contributed by atoms with van der Waals surface area (Å²) in [5.41, 5.74) is 6.96. The van der Waals surface area contributed by atoms with Crippen molar-refractivity contribution in [3.63, 3.8) is 0 Å². The lowest BCUT2D eigenvalue weighted by molar-refractivity contribution is 0.0496. The van der Waals surface area contributed by atoms with Crippen molar-refractivity contribution in [3.05, 3.63) is 11.4 Å². The van der Waals surface area contributed by atoms with E-state index in [0.717, 1.165) is 43.1 Å². The molecule has 1 aromatic rings. The number of rotatable bonds is 3. The quantitative estimate of drug-likeness (QED) is 0.901. The Hall–Kier alpha value is -1.36. The Kier molecular flexibility index (Phi) is 4.24. The maximum Gasteiger partial charge on any atom is 0.137 e. The average Bonchev–Trinajstić information content (AvgIpc) is 2.42. The summed E-state index contributed by atoms with van der Waals surface area (Å²) in [6, 6.07) is 0. The number of anilines is 2. The number of nitrogens with two attached hydrogens (primary N) is 1. The second-order valence-electron chi connectivity index (χ2n) is 5.31. The highest BCUT2D eigenvalue weighted by molar-refractivity contribution is 5.56. The summed E-state index contributed by atoms with van der Waals surface area (Å²) in [6.45, 7) is 8.15. The van der Waals surface area contributed by atoms with Gasteiger partial charge in [-0.3, -0.25) is 0 Å². The van der Waals surface area contributed by atoms with E-state index in [0.29, 0.717) is 11.7 Å². The van der Waals surface area contributed by atoms with Crippen LogP contribution in [0.2, 0.25) is 0 Å². The third-order valence-corrected chi connectivity index (χ3v) is 4.01. The fraction of sp³-hybridized carbons (Fsp3) is 0.714. The summed E-state index contributed by atoms with van der Waals surface area (Å²) in [6.07, 6.45) is 2.17. The molecule has 2 rings (SSSR count). The van der Waals surface area contributed by atoms with Crippen LogP contribution in [0.3, 0.4) is 0 Å². The van der Waals surface area contributed by atoms with Crippen LogP contribution in [0.25, 0.3) is 0 Å². The fourth-order valence-electron chi connectivity index (χ4n) is 2.57. The molecule has 0 spiro atoms. The second-order valence-corrected chi connectivity index (χ2v) is 5.31. The number of nitrogen functional groups attached to an aromatic ring is 1. The Morgan fingerprint density at radius 3 is 2.79 bits per heavy atom. The number of aromatic nitrogens is 2. The number of aryl methyl sites for hydroxylation is 1. The van der Waals surface area contributed by atoms with Crippen LogP contribution in [-0.2, 0) is 11.2 Å². The maximum atomic E-state index is 5.99. The lowest BCUT2D eigenvalue weighted by Crippen LogP contribution is -2.44. The normalized spacial score (nSPS) is 23.7. The van der Waals surface area contributed by atoms with Crippen LogP contribution in [0, 0.1) is 12.8 Å².